The molecule has 7 heteroatoms. The summed E-state index contributed by atoms with van der Waals surface area (Å²) < 4.78 is 5.86. The molecular weight excluding hydrogens is 445 g/mol. The molecule has 5 nitrogen and oxygen atoms in total. The van der Waals surface area contributed by atoms with Crippen molar-refractivity contribution in [3.05, 3.63) is 81.1 Å². The quantitative estimate of drug-likeness (QED) is 0.524. The lowest BCUT2D eigenvalue weighted by Crippen LogP contribution is -2.35. The van der Waals surface area contributed by atoms with Crippen LogP contribution < -0.4 is 10.1 Å². The molecule has 166 valence electrons. The van der Waals surface area contributed by atoms with Crippen LogP contribution in [-0.2, 0) is 30.7 Å². The molecule has 2 aliphatic rings. The SMILES string of the molecule is O=C1N[C@H](C2CCc3[nH]ncc3C2)C[C@H]1Cc1c(Cl)cc(OCc2ccccc2)cc1Cl. The Labute approximate surface area is 197 Å². The van der Waals surface area contributed by atoms with Gasteiger partial charge in [-0.2, -0.15) is 5.10 Å². The third-order valence-electron chi connectivity index (χ3n) is 6.67. The van der Waals surface area contributed by atoms with Gasteiger partial charge in [-0.3, -0.25) is 9.89 Å². The number of carbonyl (C=O) groups is 1. The Kier molecular flexibility index (Phi) is 6.11. The van der Waals surface area contributed by atoms with Gasteiger partial charge in [-0.1, -0.05) is 53.5 Å². The second-order valence-corrected chi connectivity index (χ2v) is 9.58. The highest BCUT2D eigenvalue weighted by atomic mass is 35.5. The van der Waals surface area contributed by atoms with Crippen molar-refractivity contribution in [2.45, 2.75) is 44.8 Å². The van der Waals surface area contributed by atoms with Crippen LogP contribution in [0.4, 0.5) is 0 Å². The van der Waals surface area contributed by atoms with Gasteiger partial charge in [0, 0.05) is 27.7 Å². The Bertz CT molecular complexity index is 1090. The first-order chi connectivity index (χ1) is 15.6. The number of carbonyl (C=O) groups excluding carboxylic acids is 1. The van der Waals surface area contributed by atoms with Gasteiger partial charge in [0.1, 0.15) is 12.4 Å². The van der Waals surface area contributed by atoms with Crippen molar-refractivity contribution in [2.75, 3.05) is 0 Å². The summed E-state index contributed by atoms with van der Waals surface area (Å²) in [4.78, 5) is 12.7. The number of hydrogen-bond donors (Lipinski definition) is 2. The van der Waals surface area contributed by atoms with Crippen LogP contribution in [0, 0.1) is 11.8 Å². The molecule has 1 saturated heterocycles. The van der Waals surface area contributed by atoms with Gasteiger partial charge >= 0.3 is 0 Å². The van der Waals surface area contributed by atoms with Crippen LogP contribution in [0.15, 0.2) is 48.7 Å². The smallest absolute Gasteiger partial charge is 0.223 e. The molecular formula is C25H25Cl2N3O2. The molecule has 5 rings (SSSR count). The highest BCUT2D eigenvalue weighted by Gasteiger charge is 2.38. The Hall–Kier alpha value is -2.50. The summed E-state index contributed by atoms with van der Waals surface area (Å²) in [6.07, 6.45) is 6.24. The van der Waals surface area contributed by atoms with Crippen LogP contribution >= 0.6 is 23.2 Å². The molecule has 1 fully saturated rings. The third kappa shape index (κ3) is 4.50. The van der Waals surface area contributed by atoms with E-state index in [2.05, 4.69) is 15.5 Å². The molecule has 0 spiro atoms. The molecule has 2 aromatic carbocycles. The second kappa shape index (κ2) is 9.16. The largest absolute Gasteiger partial charge is 0.489 e. The number of halogens is 2. The Morgan fingerprint density at radius 2 is 1.91 bits per heavy atom. The molecule has 3 atom stereocenters. The van der Waals surface area contributed by atoms with Crippen LogP contribution in [0.1, 0.15) is 35.2 Å². The number of ether oxygens (including phenoxy) is 1. The fraction of sp³-hybridized carbons (Fsp3) is 0.360. The van der Waals surface area contributed by atoms with Gasteiger partial charge in [0.15, 0.2) is 0 Å². The molecule has 2 N–H and O–H groups in total. The number of aromatic nitrogens is 2. The van der Waals surface area contributed by atoms with Crippen molar-refractivity contribution in [1.82, 2.24) is 15.5 Å². The maximum absolute atomic E-state index is 12.7. The third-order valence-corrected chi connectivity index (χ3v) is 7.35. The van der Waals surface area contributed by atoms with E-state index >= 15 is 0 Å². The normalized spacial score (nSPS) is 22.4. The number of amides is 1. The van der Waals surface area contributed by atoms with Gasteiger partial charge < -0.3 is 10.1 Å². The lowest BCUT2D eigenvalue weighted by molar-refractivity contribution is -0.122. The Morgan fingerprint density at radius 1 is 1.12 bits per heavy atom. The van der Waals surface area contributed by atoms with Crippen molar-refractivity contribution in [3.63, 3.8) is 0 Å². The van der Waals surface area contributed by atoms with E-state index in [1.807, 2.05) is 36.5 Å². The average Bonchev–Trinajstić information content (AvgIpc) is 3.41. The van der Waals surface area contributed by atoms with Crippen molar-refractivity contribution in [2.24, 2.45) is 11.8 Å². The van der Waals surface area contributed by atoms with E-state index in [4.69, 9.17) is 27.9 Å². The Balaban J connectivity index is 1.23. The van der Waals surface area contributed by atoms with Crippen LogP contribution in [0.5, 0.6) is 5.75 Å². The van der Waals surface area contributed by atoms with E-state index < -0.39 is 0 Å². The zero-order valence-corrected chi connectivity index (χ0v) is 19.1. The van der Waals surface area contributed by atoms with Gasteiger partial charge in [-0.05, 0) is 66.8 Å². The highest BCUT2D eigenvalue weighted by molar-refractivity contribution is 6.36. The van der Waals surface area contributed by atoms with E-state index in [-0.39, 0.29) is 17.9 Å². The summed E-state index contributed by atoms with van der Waals surface area (Å²) in [5.74, 6) is 1.02. The number of aromatic amines is 1. The molecule has 0 bridgehead atoms. The molecule has 0 radical (unpaired) electrons. The average molecular weight is 470 g/mol. The molecule has 2 heterocycles. The monoisotopic (exact) mass is 469 g/mol. The predicted molar refractivity (Wildman–Crippen MR) is 125 cm³/mol. The number of benzene rings is 2. The summed E-state index contributed by atoms with van der Waals surface area (Å²) in [5.41, 5.74) is 4.39. The van der Waals surface area contributed by atoms with Crippen LogP contribution in [-0.4, -0.2) is 22.1 Å². The molecule has 3 aromatic rings. The first-order valence-electron chi connectivity index (χ1n) is 11.0. The maximum atomic E-state index is 12.7. The van der Waals surface area contributed by atoms with Crippen LogP contribution in [0.2, 0.25) is 10.0 Å². The molecule has 1 unspecified atom stereocenters. The molecule has 1 amide bonds. The number of nitrogens with one attached hydrogen (secondary N) is 2. The number of aryl methyl sites for hydroxylation is 1. The first kappa shape index (κ1) is 21.4. The topological polar surface area (TPSA) is 67.0 Å². The summed E-state index contributed by atoms with van der Waals surface area (Å²) in [6, 6.07) is 13.7. The fourth-order valence-electron chi connectivity index (χ4n) is 4.89. The number of fused-ring (bicyclic) bond motifs is 1. The summed E-state index contributed by atoms with van der Waals surface area (Å²) in [7, 11) is 0. The Morgan fingerprint density at radius 3 is 2.69 bits per heavy atom. The van der Waals surface area contributed by atoms with Gasteiger partial charge in [0.25, 0.3) is 0 Å². The summed E-state index contributed by atoms with van der Waals surface area (Å²) in [6.45, 7) is 0.444. The van der Waals surface area contributed by atoms with Crippen molar-refractivity contribution in [3.8, 4) is 5.75 Å². The van der Waals surface area contributed by atoms with Gasteiger partial charge in [0.2, 0.25) is 5.91 Å². The highest BCUT2D eigenvalue weighted by Crippen LogP contribution is 2.36. The summed E-state index contributed by atoms with van der Waals surface area (Å²) >= 11 is 13.1. The van der Waals surface area contributed by atoms with E-state index in [1.54, 1.807) is 12.1 Å². The molecule has 32 heavy (non-hydrogen) atoms. The minimum absolute atomic E-state index is 0.0875. The zero-order chi connectivity index (χ0) is 22.1. The van der Waals surface area contributed by atoms with Crippen molar-refractivity contribution >= 4 is 29.1 Å². The zero-order valence-electron chi connectivity index (χ0n) is 17.6. The number of hydrogen-bond acceptors (Lipinski definition) is 3. The van der Waals surface area contributed by atoms with E-state index in [9.17, 15) is 4.79 Å². The number of nitrogens with zero attached hydrogens (tertiary/aromatic N) is 1. The minimum atomic E-state index is -0.128. The van der Waals surface area contributed by atoms with Crippen LogP contribution in [0.3, 0.4) is 0 Å². The number of rotatable bonds is 6. The van der Waals surface area contributed by atoms with Gasteiger partial charge in [-0.15, -0.1) is 0 Å². The molecule has 1 aromatic heterocycles. The van der Waals surface area contributed by atoms with Crippen molar-refractivity contribution in [1.29, 1.82) is 0 Å². The van der Waals surface area contributed by atoms with E-state index in [0.29, 0.717) is 34.7 Å². The second-order valence-electron chi connectivity index (χ2n) is 8.77. The maximum Gasteiger partial charge on any atom is 0.223 e. The van der Waals surface area contributed by atoms with E-state index in [0.717, 1.165) is 36.8 Å². The first-order valence-corrected chi connectivity index (χ1v) is 11.8. The lowest BCUT2D eigenvalue weighted by atomic mass is 9.81. The molecule has 1 aliphatic heterocycles. The molecule has 0 saturated carbocycles. The molecule has 1 aliphatic carbocycles. The van der Waals surface area contributed by atoms with Crippen molar-refractivity contribution < 1.29 is 9.53 Å². The standard InChI is InChI=1S/C25H25Cl2N3O2/c26-21-11-19(32-14-15-4-2-1-3-5-15)12-22(27)20(21)9-17-10-24(29-25(17)31)16-6-7-23-18(8-16)13-28-30-23/h1-5,11-13,16-17,24H,6-10,14H2,(H,28,30)(H,29,31)/t16?,17-,24+/m1/s1. The fourth-order valence-corrected chi connectivity index (χ4v) is 5.51. The van der Waals surface area contributed by atoms with Gasteiger partial charge in [0.05, 0.1) is 6.20 Å². The van der Waals surface area contributed by atoms with Gasteiger partial charge in [-0.25, -0.2) is 0 Å². The minimum Gasteiger partial charge on any atom is -0.489 e. The van der Waals surface area contributed by atoms with E-state index in [1.165, 1.54) is 11.3 Å². The number of H-pyrrole nitrogens is 1. The summed E-state index contributed by atoms with van der Waals surface area (Å²) in [5, 5.41) is 11.5. The predicted octanol–water partition coefficient (Wildman–Crippen LogP) is 5.15. The lowest BCUT2D eigenvalue weighted by Gasteiger charge is -2.27. The van der Waals surface area contributed by atoms with Crippen LogP contribution in [0.25, 0.3) is 0 Å².